The molecule has 0 aliphatic rings. The van der Waals surface area contributed by atoms with Crippen LogP contribution < -0.4 is 10.1 Å². The molecule has 0 radical (unpaired) electrons. The molecule has 1 N–H and O–H groups in total. The van der Waals surface area contributed by atoms with Gasteiger partial charge >= 0.3 is 0 Å². The molecule has 2 amide bonds. The van der Waals surface area contributed by atoms with Crippen molar-refractivity contribution < 1.29 is 14.3 Å². The van der Waals surface area contributed by atoms with Gasteiger partial charge in [0.1, 0.15) is 11.8 Å². The highest BCUT2D eigenvalue weighted by molar-refractivity contribution is 6.35. The lowest BCUT2D eigenvalue weighted by Gasteiger charge is -2.29. The number of nitrogens with zero attached hydrogens (tertiary/aromatic N) is 1. The number of hydrogen-bond acceptors (Lipinski definition) is 3. The van der Waals surface area contributed by atoms with E-state index in [2.05, 4.69) is 5.32 Å². The number of aryl methyl sites for hydroxylation is 1. The molecule has 5 nitrogen and oxygen atoms in total. The van der Waals surface area contributed by atoms with Crippen LogP contribution >= 0.6 is 23.2 Å². The van der Waals surface area contributed by atoms with Gasteiger partial charge in [0.15, 0.2) is 6.61 Å². The summed E-state index contributed by atoms with van der Waals surface area (Å²) in [4.78, 5) is 27.0. The normalized spacial score (nSPS) is 11.6. The van der Waals surface area contributed by atoms with Crippen molar-refractivity contribution in [1.29, 1.82) is 0 Å². The van der Waals surface area contributed by atoms with Crippen LogP contribution in [0.2, 0.25) is 10.0 Å². The van der Waals surface area contributed by atoms with Crippen LogP contribution in [0.5, 0.6) is 5.75 Å². The van der Waals surface area contributed by atoms with Crippen molar-refractivity contribution in [2.75, 3.05) is 13.2 Å². The first kappa shape index (κ1) is 23.0. The Labute approximate surface area is 181 Å². The number of rotatable bonds is 9. The third kappa shape index (κ3) is 6.65. The lowest BCUT2D eigenvalue weighted by atomic mass is 10.1. The zero-order valence-corrected chi connectivity index (χ0v) is 18.4. The van der Waals surface area contributed by atoms with Gasteiger partial charge in [0.05, 0.1) is 0 Å². The molecule has 2 rings (SSSR count). The molecule has 2 aromatic rings. The number of halogens is 2. The zero-order chi connectivity index (χ0) is 21.4. The van der Waals surface area contributed by atoms with Crippen LogP contribution in [0.25, 0.3) is 0 Å². The fraction of sp³-hybridized carbons (Fsp3) is 0.364. The van der Waals surface area contributed by atoms with Crippen LogP contribution in [0.1, 0.15) is 31.4 Å². The van der Waals surface area contributed by atoms with Crippen LogP contribution in [0, 0.1) is 6.92 Å². The van der Waals surface area contributed by atoms with Crippen LogP contribution in [0.3, 0.4) is 0 Å². The highest BCUT2D eigenvalue weighted by Gasteiger charge is 2.27. The third-order valence-electron chi connectivity index (χ3n) is 4.52. The largest absolute Gasteiger partial charge is 0.484 e. The first-order valence-corrected chi connectivity index (χ1v) is 10.3. The van der Waals surface area contributed by atoms with E-state index in [1.54, 1.807) is 31.2 Å². The number of carbonyl (C=O) groups excluding carboxylic acids is 2. The molecule has 0 heterocycles. The van der Waals surface area contributed by atoms with Gasteiger partial charge in [0, 0.05) is 23.1 Å². The predicted octanol–water partition coefficient (Wildman–Crippen LogP) is 4.62. The first-order chi connectivity index (χ1) is 13.8. The number of para-hydroxylation sites is 1. The van der Waals surface area contributed by atoms with Crippen LogP contribution in [0.4, 0.5) is 0 Å². The fourth-order valence-electron chi connectivity index (χ4n) is 2.75. The van der Waals surface area contributed by atoms with Crippen LogP contribution in [0.15, 0.2) is 42.5 Å². The van der Waals surface area contributed by atoms with Crippen molar-refractivity contribution in [3.05, 3.63) is 63.6 Å². The maximum Gasteiger partial charge on any atom is 0.261 e. The fourth-order valence-corrected chi connectivity index (χ4v) is 3.22. The highest BCUT2D eigenvalue weighted by atomic mass is 35.5. The standard InChI is InChI=1S/C22H26Cl2N2O3/c1-4-11-25-22(28)16(3)26(13-17-9-10-18(23)12-19(17)24)21(27)14-29-20-8-6-5-7-15(20)2/h5-10,12,16H,4,11,13-14H2,1-3H3,(H,25,28)/t16-/m0/s1. The minimum absolute atomic E-state index is 0.173. The number of carbonyl (C=O) groups is 2. The average Bonchev–Trinajstić information content (AvgIpc) is 2.70. The second kappa shape index (κ2) is 11.1. The highest BCUT2D eigenvalue weighted by Crippen LogP contribution is 2.23. The molecule has 0 saturated heterocycles. The van der Waals surface area contributed by atoms with E-state index in [1.165, 1.54) is 4.90 Å². The molecule has 0 bridgehead atoms. The number of ether oxygens (including phenoxy) is 1. The molecule has 7 heteroatoms. The topological polar surface area (TPSA) is 58.6 Å². The monoisotopic (exact) mass is 436 g/mol. The van der Waals surface area contributed by atoms with E-state index in [0.29, 0.717) is 27.9 Å². The summed E-state index contributed by atoms with van der Waals surface area (Å²) < 4.78 is 5.70. The van der Waals surface area contributed by atoms with Crippen LogP contribution in [-0.2, 0) is 16.1 Å². The molecule has 0 aromatic heterocycles. The van der Waals surface area contributed by atoms with Crippen molar-refractivity contribution in [3.8, 4) is 5.75 Å². The van der Waals surface area contributed by atoms with Gasteiger partial charge < -0.3 is 15.0 Å². The number of benzene rings is 2. The van der Waals surface area contributed by atoms with E-state index < -0.39 is 6.04 Å². The lowest BCUT2D eigenvalue weighted by molar-refractivity contribution is -0.142. The molecule has 0 fully saturated rings. The Balaban J connectivity index is 2.19. The van der Waals surface area contributed by atoms with E-state index in [0.717, 1.165) is 12.0 Å². The SMILES string of the molecule is CCCNC(=O)[C@H](C)N(Cc1ccc(Cl)cc1Cl)C(=O)COc1ccccc1C. The summed E-state index contributed by atoms with van der Waals surface area (Å²) in [6.07, 6.45) is 0.811. The molecule has 0 spiro atoms. The van der Waals surface area contributed by atoms with Crippen molar-refractivity contribution >= 4 is 35.0 Å². The maximum atomic E-state index is 13.0. The lowest BCUT2D eigenvalue weighted by Crippen LogP contribution is -2.49. The quantitative estimate of drug-likeness (QED) is 0.623. The Morgan fingerprint density at radius 3 is 2.55 bits per heavy atom. The summed E-state index contributed by atoms with van der Waals surface area (Å²) in [7, 11) is 0. The van der Waals surface area contributed by atoms with Gasteiger partial charge in [-0.15, -0.1) is 0 Å². The van der Waals surface area contributed by atoms with Crippen LogP contribution in [-0.4, -0.2) is 35.9 Å². The summed E-state index contributed by atoms with van der Waals surface area (Å²) in [6.45, 7) is 6.12. The molecular weight excluding hydrogens is 411 g/mol. The summed E-state index contributed by atoms with van der Waals surface area (Å²) in [5, 5.41) is 3.78. The van der Waals surface area contributed by atoms with E-state index in [4.69, 9.17) is 27.9 Å². The Morgan fingerprint density at radius 1 is 1.17 bits per heavy atom. The van der Waals surface area contributed by atoms with Crippen molar-refractivity contribution in [2.24, 2.45) is 0 Å². The van der Waals surface area contributed by atoms with Gasteiger partial charge in [0.25, 0.3) is 5.91 Å². The zero-order valence-electron chi connectivity index (χ0n) is 16.9. The summed E-state index contributed by atoms with van der Waals surface area (Å²) in [5.41, 5.74) is 1.64. The van der Waals surface area contributed by atoms with E-state index in [1.807, 2.05) is 32.0 Å². The van der Waals surface area contributed by atoms with Gasteiger partial charge in [-0.25, -0.2) is 0 Å². The van der Waals surface area contributed by atoms with Gasteiger partial charge in [-0.3, -0.25) is 9.59 Å². The van der Waals surface area contributed by atoms with E-state index in [9.17, 15) is 9.59 Å². The third-order valence-corrected chi connectivity index (χ3v) is 5.10. The van der Waals surface area contributed by atoms with E-state index in [-0.39, 0.29) is 25.0 Å². The molecule has 0 aliphatic heterocycles. The molecule has 0 saturated carbocycles. The average molecular weight is 437 g/mol. The summed E-state index contributed by atoms with van der Waals surface area (Å²) in [5.74, 6) is 0.105. The van der Waals surface area contributed by atoms with Crippen molar-refractivity contribution in [1.82, 2.24) is 10.2 Å². The van der Waals surface area contributed by atoms with Gasteiger partial charge in [-0.2, -0.15) is 0 Å². The van der Waals surface area contributed by atoms with Crippen molar-refractivity contribution in [3.63, 3.8) is 0 Å². The molecule has 0 aliphatic carbocycles. The molecule has 156 valence electrons. The maximum absolute atomic E-state index is 13.0. The number of amides is 2. The Bertz CT molecular complexity index is 858. The Hall–Kier alpha value is -2.24. The second-order valence-electron chi connectivity index (χ2n) is 6.78. The molecule has 2 aromatic carbocycles. The summed E-state index contributed by atoms with van der Waals surface area (Å²) >= 11 is 12.3. The molecule has 1 atom stereocenters. The Kier molecular flexibility index (Phi) is 8.80. The van der Waals surface area contributed by atoms with Gasteiger partial charge in [0.2, 0.25) is 5.91 Å². The molecular formula is C22H26Cl2N2O3. The van der Waals surface area contributed by atoms with Gasteiger partial charge in [-0.05, 0) is 49.6 Å². The number of hydrogen-bond donors (Lipinski definition) is 1. The predicted molar refractivity (Wildman–Crippen MR) is 116 cm³/mol. The molecule has 0 unspecified atom stereocenters. The minimum atomic E-state index is -0.679. The molecule has 29 heavy (non-hydrogen) atoms. The van der Waals surface area contributed by atoms with E-state index >= 15 is 0 Å². The summed E-state index contributed by atoms with van der Waals surface area (Å²) in [6, 6.07) is 11.9. The number of nitrogens with one attached hydrogen (secondary N) is 1. The smallest absolute Gasteiger partial charge is 0.261 e. The van der Waals surface area contributed by atoms with Crippen molar-refractivity contribution in [2.45, 2.75) is 39.8 Å². The first-order valence-electron chi connectivity index (χ1n) is 9.53. The second-order valence-corrected chi connectivity index (χ2v) is 7.62. The minimum Gasteiger partial charge on any atom is -0.484 e. The van der Waals surface area contributed by atoms with Gasteiger partial charge in [-0.1, -0.05) is 54.4 Å². The Morgan fingerprint density at radius 2 is 1.90 bits per heavy atom.